The van der Waals surface area contributed by atoms with Gasteiger partial charge in [-0.2, -0.15) is 4.98 Å². The third kappa shape index (κ3) is 3.77. The van der Waals surface area contributed by atoms with Crippen molar-refractivity contribution >= 4 is 21.6 Å². The fourth-order valence-electron chi connectivity index (χ4n) is 2.80. The summed E-state index contributed by atoms with van der Waals surface area (Å²) in [7, 11) is -3.62. The molecule has 3 N–H and O–H groups in total. The smallest absolute Gasteiger partial charge is 0.240 e. The van der Waals surface area contributed by atoms with Crippen molar-refractivity contribution in [3.63, 3.8) is 0 Å². The van der Waals surface area contributed by atoms with Gasteiger partial charge in [-0.15, -0.1) is 0 Å². The topological polar surface area (TPSA) is 111 Å². The van der Waals surface area contributed by atoms with Crippen LogP contribution in [0.15, 0.2) is 33.7 Å². The molecule has 0 saturated heterocycles. The lowest BCUT2D eigenvalue weighted by Crippen LogP contribution is -2.34. The second-order valence-electron chi connectivity index (χ2n) is 5.98. The Kier molecular flexibility index (Phi) is 4.91. The summed E-state index contributed by atoms with van der Waals surface area (Å²) in [5.74, 6) is 0.878. The van der Waals surface area contributed by atoms with Crippen molar-refractivity contribution in [1.82, 2.24) is 14.9 Å². The summed E-state index contributed by atoms with van der Waals surface area (Å²) >= 11 is 5.82. The number of benzene rings is 1. The maximum atomic E-state index is 12.2. The van der Waals surface area contributed by atoms with E-state index in [1.807, 2.05) is 0 Å². The van der Waals surface area contributed by atoms with Crippen LogP contribution in [0.5, 0.6) is 0 Å². The average molecular weight is 371 g/mol. The van der Waals surface area contributed by atoms with Crippen molar-refractivity contribution in [3.05, 3.63) is 41.0 Å². The van der Waals surface area contributed by atoms with E-state index in [0.29, 0.717) is 23.2 Å². The maximum Gasteiger partial charge on any atom is 0.240 e. The van der Waals surface area contributed by atoms with Crippen molar-refractivity contribution in [2.75, 3.05) is 6.54 Å². The summed E-state index contributed by atoms with van der Waals surface area (Å²) in [6, 6.07) is 6.08. The van der Waals surface area contributed by atoms with Gasteiger partial charge >= 0.3 is 0 Å². The molecule has 1 heterocycles. The first-order valence-corrected chi connectivity index (χ1v) is 9.62. The van der Waals surface area contributed by atoms with Crippen LogP contribution in [0.4, 0.5) is 0 Å². The molecule has 24 heavy (non-hydrogen) atoms. The van der Waals surface area contributed by atoms with Gasteiger partial charge in [-0.05, 0) is 31.0 Å². The molecule has 0 aliphatic heterocycles. The lowest BCUT2D eigenvalue weighted by atomic mass is 9.99. The average Bonchev–Trinajstić information content (AvgIpc) is 3.17. The van der Waals surface area contributed by atoms with Crippen LogP contribution in [0.3, 0.4) is 0 Å². The second-order valence-corrected chi connectivity index (χ2v) is 8.18. The predicted molar refractivity (Wildman–Crippen MR) is 89.0 cm³/mol. The van der Waals surface area contributed by atoms with Crippen molar-refractivity contribution < 1.29 is 12.9 Å². The molecule has 1 aromatic heterocycles. The Morgan fingerprint density at radius 3 is 2.79 bits per heavy atom. The van der Waals surface area contributed by atoms with E-state index in [1.54, 1.807) is 12.1 Å². The number of nitrogens with one attached hydrogen (secondary N) is 1. The minimum atomic E-state index is -3.62. The molecule has 7 nitrogen and oxygen atoms in total. The van der Waals surface area contributed by atoms with Gasteiger partial charge in [0.15, 0.2) is 5.82 Å². The van der Waals surface area contributed by atoms with E-state index in [4.69, 9.17) is 21.9 Å². The van der Waals surface area contributed by atoms with E-state index < -0.39 is 15.6 Å². The van der Waals surface area contributed by atoms with E-state index >= 15 is 0 Å². The molecule has 0 unspecified atom stereocenters. The van der Waals surface area contributed by atoms with Gasteiger partial charge in [-0.25, -0.2) is 13.1 Å². The van der Waals surface area contributed by atoms with E-state index in [9.17, 15) is 8.42 Å². The minimum Gasteiger partial charge on any atom is -0.339 e. The second kappa shape index (κ2) is 6.79. The summed E-state index contributed by atoms with van der Waals surface area (Å²) in [6.45, 7) is 0.147. The standard InChI is InChI=1S/C15H19ClN4O3S/c16-11-4-3-5-12(10-11)24(21,22)18-9-6-13-19-14(20-23-13)15(17)7-1-2-8-15/h3-5,10,18H,1-2,6-9,17H2. The largest absolute Gasteiger partial charge is 0.339 e. The van der Waals surface area contributed by atoms with Gasteiger partial charge in [0.25, 0.3) is 0 Å². The quantitative estimate of drug-likeness (QED) is 0.804. The van der Waals surface area contributed by atoms with E-state index in [1.165, 1.54) is 12.1 Å². The fraction of sp³-hybridized carbons (Fsp3) is 0.467. The summed E-state index contributed by atoms with van der Waals surface area (Å²) in [5.41, 5.74) is 5.76. The van der Waals surface area contributed by atoms with Crippen LogP contribution in [0.25, 0.3) is 0 Å². The molecule has 9 heteroatoms. The molecular weight excluding hydrogens is 352 g/mol. The zero-order chi connectivity index (χ0) is 17.2. The highest BCUT2D eigenvalue weighted by atomic mass is 35.5. The molecular formula is C15H19ClN4O3S. The van der Waals surface area contributed by atoms with Crippen LogP contribution in [0.1, 0.15) is 37.4 Å². The highest BCUT2D eigenvalue weighted by Crippen LogP contribution is 2.34. The number of nitrogens with zero attached hydrogens (tertiary/aromatic N) is 2. The minimum absolute atomic E-state index is 0.119. The van der Waals surface area contributed by atoms with Gasteiger partial charge in [-0.3, -0.25) is 0 Å². The van der Waals surface area contributed by atoms with Gasteiger partial charge in [0.1, 0.15) is 0 Å². The summed E-state index contributed by atoms with van der Waals surface area (Å²) in [5, 5.41) is 4.31. The molecule has 3 rings (SSSR count). The number of nitrogens with two attached hydrogens (primary N) is 1. The number of hydrogen-bond donors (Lipinski definition) is 2. The van der Waals surface area contributed by atoms with Crippen LogP contribution in [0.2, 0.25) is 5.02 Å². The Hall–Kier alpha value is -1.48. The molecule has 0 bridgehead atoms. The maximum absolute atomic E-state index is 12.2. The van der Waals surface area contributed by atoms with Crippen molar-refractivity contribution in [3.8, 4) is 0 Å². The highest BCUT2D eigenvalue weighted by molar-refractivity contribution is 7.89. The molecule has 0 spiro atoms. The first-order valence-electron chi connectivity index (χ1n) is 7.76. The van der Waals surface area contributed by atoms with Gasteiger partial charge < -0.3 is 10.3 Å². The van der Waals surface area contributed by atoms with Crippen LogP contribution in [0, 0.1) is 0 Å². The monoisotopic (exact) mass is 370 g/mol. The molecule has 1 aliphatic rings. The van der Waals surface area contributed by atoms with Crippen molar-refractivity contribution in [1.29, 1.82) is 0 Å². The van der Waals surface area contributed by atoms with E-state index in [2.05, 4.69) is 14.9 Å². The van der Waals surface area contributed by atoms with Gasteiger partial charge in [0.2, 0.25) is 15.9 Å². The first-order chi connectivity index (χ1) is 11.4. The Morgan fingerprint density at radius 1 is 1.33 bits per heavy atom. The number of halogens is 1. The Morgan fingerprint density at radius 2 is 2.08 bits per heavy atom. The molecule has 130 valence electrons. The van der Waals surface area contributed by atoms with Crippen LogP contribution in [-0.2, 0) is 22.0 Å². The van der Waals surface area contributed by atoms with Gasteiger partial charge in [0, 0.05) is 18.0 Å². The summed E-state index contributed by atoms with van der Waals surface area (Å²) < 4.78 is 32.0. The Labute approximate surface area is 145 Å². The number of hydrogen-bond acceptors (Lipinski definition) is 6. The summed E-state index contributed by atoms with van der Waals surface area (Å²) in [6.07, 6.45) is 4.09. The molecule has 1 aliphatic carbocycles. The van der Waals surface area contributed by atoms with E-state index in [-0.39, 0.29) is 11.4 Å². The zero-order valence-corrected chi connectivity index (χ0v) is 14.6. The highest BCUT2D eigenvalue weighted by Gasteiger charge is 2.35. The van der Waals surface area contributed by atoms with Gasteiger partial charge in [-0.1, -0.05) is 35.7 Å². The van der Waals surface area contributed by atoms with Crippen molar-refractivity contribution in [2.45, 2.75) is 42.5 Å². The molecule has 2 aromatic rings. The van der Waals surface area contributed by atoms with E-state index in [0.717, 1.165) is 25.7 Å². The molecule has 0 radical (unpaired) electrons. The van der Waals surface area contributed by atoms with Crippen molar-refractivity contribution in [2.24, 2.45) is 5.73 Å². The SMILES string of the molecule is NC1(c2noc(CCNS(=O)(=O)c3cccc(Cl)c3)n2)CCCC1. The van der Waals surface area contributed by atoms with Gasteiger partial charge in [0.05, 0.1) is 10.4 Å². The molecule has 1 aromatic carbocycles. The normalized spacial score (nSPS) is 17.2. The van der Waals surface area contributed by atoms with Crippen LogP contribution >= 0.6 is 11.6 Å². The zero-order valence-electron chi connectivity index (χ0n) is 13.0. The summed E-state index contributed by atoms with van der Waals surface area (Å²) in [4.78, 5) is 4.43. The van der Waals surface area contributed by atoms with Crippen LogP contribution < -0.4 is 10.5 Å². The number of sulfonamides is 1. The predicted octanol–water partition coefficient (Wildman–Crippen LogP) is 1.97. The molecule has 1 fully saturated rings. The molecule has 0 atom stereocenters. The van der Waals surface area contributed by atoms with Crippen LogP contribution in [-0.4, -0.2) is 25.1 Å². The third-order valence-corrected chi connectivity index (χ3v) is 5.84. The lowest BCUT2D eigenvalue weighted by molar-refractivity contribution is 0.348. The molecule has 0 amide bonds. The molecule has 1 saturated carbocycles. The Bertz CT molecular complexity index is 816. The third-order valence-electron chi connectivity index (χ3n) is 4.15. The number of aromatic nitrogens is 2. The fourth-order valence-corrected chi connectivity index (χ4v) is 4.13. The first kappa shape index (κ1) is 17.3. The number of rotatable bonds is 6. The lowest BCUT2D eigenvalue weighted by Gasteiger charge is -2.17. The Balaban J connectivity index is 1.60.